The summed E-state index contributed by atoms with van der Waals surface area (Å²) in [6.07, 6.45) is 13.7. The van der Waals surface area contributed by atoms with Gasteiger partial charge in [-0.15, -0.1) is 0 Å². The van der Waals surface area contributed by atoms with Gasteiger partial charge in [-0.05, 0) is 157 Å². The molecule has 10 atom stereocenters. The third-order valence-corrected chi connectivity index (χ3v) is 12.3. The van der Waals surface area contributed by atoms with Gasteiger partial charge in [0.25, 0.3) is 0 Å². The van der Waals surface area contributed by atoms with E-state index in [2.05, 4.69) is 36.7 Å². The highest BCUT2D eigenvalue weighted by Gasteiger charge is 2.63. The van der Waals surface area contributed by atoms with E-state index in [1.165, 1.54) is 51.4 Å². The Labute approximate surface area is 239 Å². The lowest BCUT2D eigenvalue weighted by Gasteiger charge is -2.62. The van der Waals surface area contributed by atoms with Crippen molar-refractivity contribution in [2.24, 2.45) is 52.1 Å². The maximum atomic E-state index is 12.3. The molecule has 4 rings (SSSR count). The first kappa shape index (κ1) is 31.3. The summed E-state index contributed by atoms with van der Waals surface area (Å²) in [6, 6.07) is 0.863. The number of hydrogen-bond acceptors (Lipinski definition) is 5. The van der Waals surface area contributed by atoms with Gasteiger partial charge >= 0.3 is 0 Å². The summed E-state index contributed by atoms with van der Waals surface area (Å²) in [7, 11) is 0. The molecule has 4 fully saturated rings. The predicted molar refractivity (Wildman–Crippen MR) is 161 cm³/mol. The molecule has 226 valence electrons. The summed E-state index contributed by atoms with van der Waals surface area (Å²) in [5.41, 5.74) is 5.97. The molecule has 0 radical (unpaired) electrons. The normalized spacial score (nSPS) is 40.6. The lowest BCUT2D eigenvalue weighted by molar-refractivity contribution is -0.169. The van der Waals surface area contributed by atoms with E-state index in [-0.39, 0.29) is 23.5 Å². The van der Waals surface area contributed by atoms with E-state index in [0.29, 0.717) is 41.5 Å². The van der Waals surface area contributed by atoms with Crippen molar-refractivity contribution in [3.63, 3.8) is 0 Å². The van der Waals surface area contributed by atoms with Gasteiger partial charge in [-0.2, -0.15) is 0 Å². The van der Waals surface area contributed by atoms with E-state index in [1.54, 1.807) is 0 Å². The van der Waals surface area contributed by atoms with Crippen LogP contribution in [-0.2, 0) is 4.79 Å². The Bertz CT molecular complexity index is 792. The van der Waals surface area contributed by atoms with Gasteiger partial charge in [0, 0.05) is 18.5 Å². The summed E-state index contributed by atoms with van der Waals surface area (Å²) in [5.74, 6) is 4.06. The summed E-state index contributed by atoms with van der Waals surface area (Å²) in [6.45, 7) is 15.4. The van der Waals surface area contributed by atoms with Crippen molar-refractivity contribution in [1.29, 1.82) is 0 Å². The van der Waals surface area contributed by atoms with Gasteiger partial charge in [-0.25, -0.2) is 0 Å². The average Bonchev–Trinajstić information content (AvgIpc) is 3.26. The lowest BCUT2D eigenvalue weighted by Crippen LogP contribution is -2.59. The van der Waals surface area contributed by atoms with Crippen LogP contribution < -0.4 is 21.7 Å². The molecule has 6 nitrogen and oxygen atoms in total. The van der Waals surface area contributed by atoms with Crippen LogP contribution in [0.1, 0.15) is 112 Å². The number of carbonyl (C=O) groups is 1. The molecule has 0 aliphatic heterocycles. The fourth-order valence-electron chi connectivity index (χ4n) is 10.2. The lowest BCUT2D eigenvalue weighted by atomic mass is 9.43. The number of nitrogens with one attached hydrogen (secondary N) is 3. The van der Waals surface area contributed by atoms with Crippen molar-refractivity contribution in [3.8, 4) is 0 Å². The highest BCUT2D eigenvalue weighted by Crippen LogP contribution is 2.68. The van der Waals surface area contributed by atoms with Crippen molar-refractivity contribution in [3.05, 3.63) is 0 Å². The number of hydrogen-bond donors (Lipinski definition) is 5. The molecule has 39 heavy (non-hydrogen) atoms. The van der Waals surface area contributed by atoms with Crippen molar-refractivity contribution >= 4 is 5.91 Å². The first-order chi connectivity index (χ1) is 18.6. The zero-order valence-electron chi connectivity index (χ0n) is 25.9. The minimum absolute atomic E-state index is 0.00918. The molecule has 0 spiro atoms. The Balaban J connectivity index is 1.32. The molecule has 1 amide bonds. The van der Waals surface area contributed by atoms with Gasteiger partial charge in [0.05, 0.1) is 6.10 Å². The van der Waals surface area contributed by atoms with Crippen LogP contribution in [0.5, 0.6) is 0 Å². The van der Waals surface area contributed by atoms with E-state index in [0.717, 1.165) is 57.3 Å². The highest BCUT2D eigenvalue weighted by atomic mass is 16.3. The van der Waals surface area contributed by atoms with Crippen LogP contribution in [0.15, 0.2) is 0 Å². The van der Waals surface area contributed by atoms with E-state index >= 15 is 0 Å². The number of aliphatic hydroxyl groups is 1. The van der Waals surface area contributed by atoms with E-state index < -0.39 is 0 Å². The molecular weight excluding hydrogens is 484 g/mol. The maximum absolute atomic E-state index is 12.3. The average molecular weight is 547 g/mol. The van der Waals surface area contributed by atoms with Gasteiger partial charge in [0.15, 0.2) is 0 Å². The predicted octanol–water partition coefficient (Wildman–Crippen LogP) is 4.84. The number of nitrogens with two attached hydrogens (primary N) is 1. The number of carbonyl (C=O) groups excluding carboxylic acids is 1. The Morgan fingerprint density at radius 1 is 0.974 bits per heavy atom. The fourth-order valence-corrected chi connectivity index (χ4v) is 10.2. The molecule has 4 saturated carbocycles. The first-order valence-electron chi connectivity index (χ1n) is 16.7. The molecule has 4 aliphatic rings. The highest BCUT2D eigenvalue weighted by molar-refractivity contribution is 5.76. The van der Waals surface area contributed by atoms with Crippen molar-refractivity contribution in [1.82, 2.24) is 16.0 Å². The van der Waals surface area contributed by atoms with Gasteiger partial charge < -0.3 is 26.8 Å². The molecule has 0 aromatic carbocycles. The van der Waals surface area contributed by atoms with E-state index in [4.69, 9.17) is 5.73 Å². The Hall–Kier alpha value is -0.690. The second kappa shape index (κ2) is 13.5. The van der Waals surface area contributed by atoms with E-state index in [9.17, 15) is 9.90 Å². The molecular formula is C33H62N4O2. The van der Waals surface area contributed by atoms with Crippen LogP contribution in [0.2, 0.25) is 0 Å². The molecule has 0 heterocycles. The van der Waals surface area contributed by atoms with Crippen molar-refractivity contribution < 1.29 is 9.90 Å². The quantitative estimate of drug-likeness (QED) is 0.213. The molecule has 4 unspecified atom stereocenters. The summed E-state index contributed by atoms with van der Waals surface area (Å²) in [4.78, 5) is 12.3. The van der Waals surface area contributed by atoms with Crippen molar-refractivity contribution in [2.75, 3.05) is 26.2 Å². The monoisotopic (exact) mass is 546 g/mol. The number of amides is 1. The molecule has 6 N–H and O–H groups in total. The zero-order valence-corrected chi connectivity index (χ0v) is 25.9. The van der Waals surface area contributed by atoms with Gasteiger partial charge in [-0.1, -0.05) is 20.8 Å². The summed E-state index contributed by atoms with van der Waals surface area (Å²) in [5, 5.41) is 22.3. The number of rotatable bonds is 13. The van der Waals surface area contributed by atoms with Crippen LogP contribution in [0.4, 0.5) is 0 Å². The van der Waals surface area contributed by atoms with E-state index in [1.807, 2.05) is 13.8 Å². The largest absolute Gasteiger partial charge is 0.393 e. The molecule has 0 saturated heterocycles. The Kier molecular flexibility index (Phi) is 10.8. The molecule has 4 aliphatic carbocycles. The van der Waals surface area contributed by atoms with Crippen LogP contribution in [0.25, 0.3) is 0 Å². The Morgan fingerprint density at radius 2 is 1.74 bits per heavy atom. The van der Waals surface area contributed by atoms with Gasteiger partial charge in [0.1, 0.15) is 0 Å². The zero-order chi connectivity index (χ0) is 28.2. The summed E-state index contributed by atoms with van der Waals surface area (Å²) >= 11 is 0. The minimum Gasteiger partial charge on any atom is -0.393 e. The van der Waals surface area contributed by atoms with Crippen LogP contribution in [-0.4, -0.2) is 55.4 Å². The summed E-state index contributed by atoms with van der Waals surface area (Å²) < 4.78 is 0. The van der Waals surface area contributed by atoms with Crippen molar-refractivity contribution in [2.45, 2.75) is 130 Å². The fraction of sp³-hybridized carbons (Fsp3) is 0.970. The third-order valence-electron chi connectivity index (χ3n) is 12.3. The molecule has 6 heteroatoms. The second-order valence-electron chi connectivity index (χ2n) is 14.9. The number of fused-ring (bicyclic) bond motifs is 5. The van der Waals surface area contributed by atoms with Gasteiger partial charge in [0.2, 0.25) is 5.91 Å². The smallest absolute Gasteiger partial charge is 0.220 e. The standard InChI is InChI=1S/C33H62N4O2/c1-22(2)37-31(39)13-8-23(3)27-11-12-28-26-10-9-24-20-25(36-19-7-18-35-17-6-16-34)14-15-32(24,4)29(26)21-30(38)33(27,28)5/h22-30,35-36,38H,6-21,34H2,1-5H3,(H,37,39)/t23-,24?,25+,26?,27-,28?,29?,30+,32+,33-/m1/s1. The van der Waals surface area contributed by atoms with Crippen LogP contribution in [0, 0.1) is 46.3 Å². The maximum Gasteiger partial charge on any atom is 0.220 e. The molecule has 0 bridgehead atoms. The molecule has 0 aromatic rings. The number of aliphatic hydroxyl groups excluding tert-OH is 1. The topological polar surface area (TPSA) is 99.4 Å². The van der Waals surface area contributed by atoms with Gasteiger partial charge in [-0.3, -0.25) is 4.79 Å². The first-order valence-corrected chi connectivity index (χ1v) is 16.7. The third kappa shape index (κ3) is 6.70. The van der Waals surface area contributed by atoms with Crippen LogP contribution in [0.3, 0.4) is 0 Å². The SMILES string of the molecule is CC(C)NC(=O)CC[C@@H](C)[C@H]1CCC2C3CCC4C[C@@H](NCCCNCCCN)CC[C@]4(C)C3C[C@H](O)[C@@]21C. The Morgan fingerprint density at radius 3 is 2.49 bits per heavy atom. The minimum atomic E-state index is -0.207. The molecule has 0 aromatic heterocycles. The van der Waals surface area contributed by atoms with Crippen LogP contribution >= 0.6 is 0 Å². The second-order valence-corrected chi connectivity index (χ2v) is 14.9.